The molecule has 0 aliphatic carbocycles. The minimum absolute atomic E-state index is 0. The standard InChI is InChI=1S/C10H12BrNO3.C10H14BrNO.Fe/c1-6(2)15-10-5-8(11)7(3)4-9(10)12(13)14;1-6(2)13-10-5-8(11)7(3)4-9(10)12;/h4-6H,1-3H3;4-6H,12H2,1-3H3;/i2*6D;. The van der Waals surface area contributed by atoms with Gasteiger partial charge in [0.1, 0.15) is 5.75 Å². The van der Waals surface area contributed by atoms with Crippen LogP contribution in [-0.4, -0.2) is 17.1 Å². The molecule has 29 heavy (non-hydrogen) atoms. The van der Waals surface area contributed by atoms with Gasteiger partial charge in [0.25, 0.3) is 0 Å². The molecular weight excluding hydrogens is 548 g/mol. The van der Waals surface area contributed by atoms with Crippen LogP contribution in [0.2, 0.25) is 0 Å². The third-order valence-electron chi connectivity index (χ3n) is 3.36. The third kappa shape index (κ3) is 8.95. The molecule has 0 radical (unpaired) electrons. The van der Waals surface area contributed by atoms with Gasteiger partial charge in [0.2, 0.25) is 0 Å². The minimum atomic E-state index is -1.21. The van der Waals surface area contributed by atoms with E-state index in [0.717, 1.165) is 20.1 Å². The number of aryl methyl sites for hydroxylation is 2. The number of nitrogens with two attached hydrogens (primary N) is 1. The number of rotatable bonds is 5. The van der Waals surface area contributed by atoms with Gasteiger partial charge in [0.05, 0.1) is 25.5 Å². The van der Waals surface area contributed by atoms with E-state index in [0.29, 0.717) is 11.4 Å². The van der Waals surface area contributed by atoms with Gasteiger partial charge in [-0.15, -0.1) is 0 Å². The van der Waals surface area contributed by atoms with Gasteiger partial charge in [-0.1, -0.05) is 31.9 Å². The Morgan fingerprint density at radius 3 is 1.83 bits per heavy atom. The Hall–Kier alpha value is -1.28. The Morgan fingerprint density at radius 1 is 0.966 bits per heavy atom. The van der Waals surface area contributed by atoms with Crippen molar-refractivity contribution in [1.29, 1.82) is 0 Å². The maximum atomic E-state index is 10.8. The molecule has 0 amide bonds. The molecule has 0 aliphatic rings. The molecule has 162 valence electrons. The number of ether oxygens (including phenoxy) is 2. The third-order valence-corrected chi connectivity index (χ3v) is 5.06. The first kappa shape index (κ1) is 24.0. The summed E-state index contributed by atoms with van der Waals surface area (Å²) in [7, 11) is 0. The van der Waals surface area contributed by atoms with Crippen LogP contribution in [0.15, 0.2) is 33.2 Å². The zero-order chi connectivity index (χ0) is 23.4. The zero-order valence-electron chi connectivity index (χ0n) is 19.1. The van der Waals surface area contributed by atoms with Crippen LogP contribution in [-0.2, 0) is 17.1 Å². The van der Waals surface area contributed by atoms with E-state index < -0.39 is 17.1 Å². The molecular formula is C20H26Br2FeN2O4. The van der Waals surface area contributed by atoms with Gasteiger partial charge in [-0.05, 0) is 64.8 Å². The molecule has 0 heterocycles. The molecule has 6 nitrogen and oxygen atoms in total. The number of anilines is 1. The van der Waals surface area contributed by atoms with Gasteiger partial charge in [-0.3, -0.25) is 10.1 Å². The molecule has 0 fully saturated rings. The Morgan fingerprint density at radius 2 is 1.38 bits per heavy atom. The van der Waals surface area contributed by atoms with Crippen molar-refractivity contribution in [2.45, 2.75) is 53.7 Å². The molecule has 0 aliphatic heterocycles. The Balaban J connectivity index is 0.000000567. The van der Waals surface area contributed by atoms with Crippen molar-refractivity contribution in [1.82, 2.24) is 0 Å². The van der Waals surface area contributed by atoms with E-state index in [1.807, 2.05) is 13.0 Å². The van der Waals surface area contributed by atoms with E-state index in [-0.39, 0.29) is 28.5 Å². The Kier molecular flexibility index (Phi) is 10.3. The summed E-state index contributed by atoms with van der Waals surface area (Å²) in [5.74, 6) is 0.643. The number of benzene rings is 2. The van der Waals surface area contributed by atoms with Crippen LogP contribution >= 0.6 is 31.9 Å². The van der Waals surface area contributed by atoms with Crippen LogP contribution in [0, 0.1) is 24.0 Å². The van der Waals surface area contributed by atoms with Gasteiger partial charge < -0.3 is 15.2 Å². The molecule has 0 saturated heterocycles. The smallest absolute Gasteiger partial charge is 0.311 e. The number of hydrogen-bond donors (Lipinski definition) is 1. The summed E-state index contributed by atoms with van der Waals surface area (Å²) >= 11 is 6.66. The van der Waals surface area contributed by atoms with Crippen LogP contribution in [0.25, 0.3) is 0 Å². The second kappa shape index (κ2) is 12.4. The summed E-state index contributed by atoms with van der Waals surface area (Å²) in [6.07, 6.45) is -2.18. The van der Waals surface area contributed by atoms with E-state index in [4.69, 9.17) is 17.9 Å². The van der Waals surface area contributed by atoms with E-state index in [1.165, 1.54) is 26.0 Å². The molecule has 2 aromatic carbocycles. The molecule has 9 heteroatoms. The molecule has 0 unspecified atom stereocenters. The van der Waals surface area contributed by atoms with Crippen molar-refractivity contribution < 1.29 is 34.2 Å². The Bertz CT molecular complexity index is 933. The zero-order valence-corrected chi connectivity index (χ0v) is 21.4. The average Bonchev–Trinajstić information content (AvgIpc) is 2.53. The molecule has 0 spiro atoms. The minimum Gasteiger partial charge on any atom is -0.489 e. The second-order valence-corrected chi connectivity index (χ2v) is 8.19. The maximum Gasteiger partial charge on any atom is 0.311 e. The van der Waals surface area contributed by atoms with Crippen LogP contribution in [0.4, 0.5) is 11.4 Å². The molecule has 2 N–H and O–H groups in total. The fraction of sp³-hybridized carbons (Fsp3) is 0.400. The summed E-state index contributed by atoms with van der Waals surface area (Å²) in [6.45, 7) is 10.1. The maximum absolute atomic E-state index is 10.8. The van der Waals surface area contributed by atoms with Crippen LogP contribution < -0.4 is 15.2 Å². The monoisotopic (exact) mass is 574 g/mol. The van der Waals surface area contributed by atoms with Crippen LogP contribution in [0.3, 0.4) is 0 Å². The van der Waals surface area contributed by atoms with Gasteiger partial charge in [-0.2, -0.15) is 0 Å². The molecule has 0 aromatic heterocycles. The normalized spacial score (nSPS) is 11.9. The van der Waals surface area contributed by atoms with E-state index >= 15 is 0 Å². The first-order valence-corrected chi connectivity index (χ1v) is 9.97. The van der Waals surface area contributed by atoms with Crippen molar-refractivity contribution in [3.8, 4) is 11.5 Å². The van der Waals surface area contributed by atoms with Crippen molar-refractivity contribution >= 4 is 43.2 Å². The number of nitrogens with zero attached hydrogens (tertiary/aromatic N) is 1. The van der Waals surface area contributed by atoms with Crippen molar-refractivity contribution in [2.75, 3.05) is 5.73 Å². The number of hydrogen-bond acceptors (Lipinski definition) is 5. The molecule has 0 atom stereocenters. The summed E-state index contributed by atoms with van der Waals surface area (Å²) in [5, 5.41) is 10.8. The molecule has 2 rings (SSSR count). The second-order valence-electron chi connectivity index (χ2n) is 6.49. The fourth-order valence-corrected chi connectivity index (χ4v) is 2.73. The molecule has 2 aromatic rings. The number of halogens is 2. The first-order chi connectivity index (χ1) is 13.5. The number of nitro benzene ring substituents is 1. The predicted molar refractivity (Wildman–Crippen MR) is 120 cm³/mol. The van der Waals surface area contributed by atoms with E-state index in [1.54, 1.807) is 26.8 Å². The predicted octanol–water partition coefficient (Wildman–Crippen LogP) is 6.58. The van der Waals surface area contributed by atoms with E-state index in [9.17, 15) is 10.1 Å². The number of nitrogen functional groups attached to an aromatic ring is 1. The van der Waals surface area contributed by atoms with Crippen molar-refractivity contribution in [2.24, 2.45) is 0 Å². The Labute approximate surface area is 202 Å². The topological polar surface area (TPSA) is 87.6 Å². The van der Waals surface area contributed by atoms with Crippen LogP contribution in [0.1, 0.15) is 41.6 Å². The van der Waals surface area contributed by atoms with Gasteiger partial charge in [-0.25, -0.2) is 0 Å². The summed E-state index contributed by atoms with van der Waals surface area (Å²) in [5.41, 5.74) is 8.01. The molecule has 0 saturated carbocycles. The summed E-state index contributed by atoms with van der Waals surface area (Å²) < 4.78 is 27.4. The summed E-state index contributed by atoms with van der Waals surface area (Å²) in [4.78, 5) is 10.3. The van der Waals surface area contributed by atoms with E-state index in [2.05, 4.69) is 31.9 Å². The largest absolute Gasteiger partial charge is 0.489 e. The van der Waals surface area contributed by atoms with Crippen LogP contribution in [0.5, 0.6) is 11.5 Å². The first-order valence-electron chi connectivity index (χ1n) is 9.38. The van der Waals surface area contributed by atoms with Crippen molar-refractivity contribution in [3.63, 3.8) is 0 Å². The fourth-order valence-electron chi connectivity index (χ4n) is 2.09. The quantitative estimate of drug-likeness (QED) is 0.188. The molecule has 0 bridgehead atoms. The average molecular weight is 576 g/mol. The van der Waals surface area contributed by atoms with Gasteiger partial charge in [0, 0.05) is 38.1 Å². The SMILES string of the molecule is [2H]C(C)(C)Oc1cc(Br)c(C)cc1N.[2H]C(C)(C)Oc1cc(Br)c(C)cc1[N+](=O)[O-].[Fe]. The van der Waals surface area contributed by atoms with Gasteiger partial charge >= 0.3 is 5.69 Å². The summed E-state index contributed by atoms with van der Waals surface area (Å²) in [6, 6.07) is 6.56. The van der Waals surface area contributed by atoms with Gasteiger partial charge in [0.15, 0.2) is 5.75 Å². The number of nitro groups is 1. The van der Waals surface area contributed by atoms with Crippen molar-refractivity contribution in [3.05, 3.63) is 54.5 Å².